The van der Waals surface area contributed by atoms with Crippen molar-refractivity contribution in [2.45, 2.75) is 26.6 Å². The maximum Gasteiger partial charge on any atom is 0.418 e. The van der Waals surface area contributed by atoms with Gasteiger partial charge in [-0.25, -0.2) is 4.79 Å². The minimum atomic E-state index is -4.75. The summed E-state index contributed by atoms with van der Waals surface area (Å²) in [5.41, 5.74) is 0.0918. The van der Waals surface area contributed by atoms with Crippen LogP contribution in [0.3, 0.4) is 0 Å². The summed E-state index contributed by atoms with van der Waals surface area (Å²) in [6, 6.07) is 7.48. The maximum absolute atomic E-state index is 13.5. The molecular formula is C21H19Cl2F3N2O4. The van der Waals surface area contributed by atoms with Gasteiger partial charge in [0.15, 0.2) is 5.71 Å². The Labute approximate surface area is 192 Å². The van der Waals surface area contributed by atoms with Crippen molar-refractivity contribution < 1.29 is 32.4 Å². The molecule has 0 spiro atoms. The van der Waals surface area contributed by atoms with Gasteiger partial charge in [0.1, 0.15) is 13.7 Å². The molecule has 0 aromatic heterocycles. The predicted octanol–water partition coefficient (Wildman–Crippen LogP) is 5.78. The van der Waals surface area contributed by atoms with E-state index in [1.807, 2.05) is 0 Å². The SMILES string of the molecule is CO/N=C(/C(=O)OC)c1cccc(C)c1CO/N=C(\C)c1ccc(Cl)c(Cl)c1C(F)(F)F. The molecule has 0 aliphatic rings. The van der Waals surface area contributed by atoms with Crippen LogP contribution < -0.4 is 0 Å². The van der Waals surface area contributed by atoms with E-state index in [-0.39, 0.29) is 28.6 Å². The quantitative estimate of drug-likeness (QED) is 0.280. The smallest absolute Gasteiger partial charge is 0.418 e. The topological polar surface area (TPSA) is 69.5 Å². The van der Waals surface area contributed by atoms with Gasteiger partial charge in [0.2, 0.25) is 0 Å². The third-order valence-corrected chi connectivity index (χ3v) is 5.21. The zero-order valence-electron chi connectivity index (χ0n) is 17.5. The van der Waals surface area contributed by atoms with Crippen molar-refractivity contribution in [3.63, 3.8) is 0 Å². The van der Waals surface area contributed by atoms with E-state index in [2.05, 4.69) is 10.3 Å². The first-order chi connectivity index (χ1) is 15.0. The number of esters is 1. The second-order valence-corrected chi connectivity index (χ2v) is 7.23. The Hall–Kier alpha value is -2.78. The first-order valence-electron chi connectivity index (χ1n) is 9.03. The molecule has 2 aromatic rings. The van der Waals surface area contributed by atoms with Crippen LogP contribution in [0.25, 0.3) is 0 Å². The lowest BCUT2D eigenvalue weighted by Crippen LogP contribution is -2.20. The third-order valence-electron chi connectivity index (χ3n) is 4.41. The molecule has 0 saturated heterocycles. The summed E-state index contributed by atoms with van der Waals surface area (Å²) in [4.78, 5) is 22.2. The van der Waals surface area contributed by atoms with Crippen molar-refractivity contribution in [3.05, 3.63) is 68.2 Å². The minimum absolute atomic E-state index is 0.0650. The number of benzene rings is 2. The summed E-state index contributed by atoms with van der Waals surface area (Å²) in [5, 5.41) is 6.68. The Bertz CT molecular complexity index is 1070. The number of oxime groups is 2. The summed E-state index contributed by atoms with van der Waals surface area (Å²) in [7, 11) is 2.47. The molecule has 0 unspecified atom stereocenters. The summed E-state index contributed by atoms with van der Waals surface area (Å²) >= 11 is 11.5. The Kier molecular flexibility index (Phi) is 8.51. The molecule has 0 radical (unpaired) electrons. The third kappa shape index (κ3) is 5.72. The lowest BCUT2D eigenvalue weighted by Gasteiger charge is -2.16. The van der Waals surface area contributed by atoms with Crippen LogP contribution in [-0.2, 0) is 32.0 Å². The highest BCUT2D eigenvalue weighted by atomic mass is 35.5. The monoisotopic (exact) mass is 490 g/mol. The molecule has 2 rings (SSSR count). The van der Waals surface area contributed by atoms with E-state index in [0.29, 0.717) is 11.1 Å². The molecule has 0 heterocycles. The number of nitrogens with zero attached hydrogens (tertiary/aromatic N) is 2. The largest absolute Gasteiger partial charge is 0.464 e. The van der Waals surface area contributed by atoms with Gasteiger partial charge in [0.05, 0.1) is 28.4 Å². The number of ether oxygens (including phenoxy) is 1. The number of rotatable bonds is 7. The van der Waals surface area contributed by atoms with Crippen LogP contribution in [0.15, 0.2) is 40.6 Å². The van der Waals surface area contributed by atoms with E-state index in [0.717, 1.165) is 5.56 Å². The Balaban J connectivity index is 2.40. The molecule has 0 aliphatic heterocycles. The average Bonchev–Trinajstić information content (AvgIpc) is 2.73. The molecule has 0 atom stereocenters. The Morgan fingerprint density at radius 1 is 1.06 bits per heavy atom. The second-order valence-electron chi connectivity index (χ2n) is 6.45. The van der Waals surface area contributed by atoms with Crippen molar-refractivity contribution in [2.24, 2.45) is 10.3 Å². The van der Waals surface area contributed by atoms with Crippen molar-refractivity contribution in [1.29, 1.82) is 0 Å². The first-order valence-corrected chi connectivity index (χ1v) is 9.78. The summed E-state index contributed by atoms with van der Waals surface area (Å²) < 4.78 is 45.2. The van der Waals surface area contributed by atoms with Gasteiger partial charge >= 0.3 is 12.1 Å². The molecular weight excluding hydrogens is 472 g/mol. The summed E-state index contributed by atoms with van der Waals surface area (Å²) in [6.45, 7) is 2.95. The van der Waals surface area contributed by atoms with Crippen LogP contribution in [0, 0.1) is 6.92 Å². The fourth-order valence-electron chi connectivity index (χ4n) is 2.87. The van der Waals surface area contributed by atoms with Gasteiger partial charge in [-0.3, -0.25) is 0 Å². The lowest BCUT2D eigenvalue weighted by atomic mass is 9.99. The van der Waals surface area contributed by atoms with Gasteiger partial charge in [-0.1, -0.05) is 57.8 Å². The second kappa shape index (κ2) is 10.7. The highest BCUT2D eigenvalue weighted by Crippen LogP contribution is 2.40. The summed E-state index contributed by atoms with van der Waals surface area (Å²) in [6.07, 6.45) is -4.75. The molecule has 172 valence electrons. The van der Waals surface area contributed by atoms with E-state index >= 15 is 0 Å². The number of halogens is 5. The Morgan fingerprint density at radius 3 is 2.34 bits per heavy atom. The van der Waals surface area contributed by atoms with Gasteiger partial charge < -0.3 is 14.4 Å². The van der Waals surface area contributed by atoms with Crippen LogP contribution in [0.5, 0.6) is 0 Å². The molecule has 11 heteroatoms. The van der Waals surface area contributed by atoms with Crippen LogP contribution in [0.2, 0.25) is 10.0 Å². The molecule has 0 saturated carbocycles. The first kappa shape index (κ1) is 25.5. The maximum atomic E-state index is 13.5. The normalized spacial score (nSPS) is 12.5. The molecule has 0 amide bonds. The number of hydrogen-bond acceptors (Lipinski definition) is 6. The predicted molar refractivity (Wildman–Crippen MR) is 115 cm³/mol. The van der Waals surface area contributed by atoms with Crippen molar-refractivity contribution in [2.75, 3.05) is 14.2 Å². The summed E-state index contributed by atoms with van der Waals surface area (Å²) in [5.74, 6) is -0.732. The van der Waals surface area contributed by atoms with Crippen LogP contribution in [-0.4, -0.2) is 31.6 Å². The van der Waals surface area contributed by atoms with Crippen molar-refractivity contribution >= 4 is 40.6 Å². The van der Waals surface area contributed by atoms with E-state index in [9.17, 15) is 18.0 Å². The van der Waals surface area contributed by atoms with E-state index in [4.69, 9.17) is 37.6 Å². The number of hydrogen-bond donors (Lipinski definition) is 0. The van der Waals surface area contributed by atoms with Gasteiger partial charge in [-0.2, -0.15) is 13.2 Å². The number of methoxy groups -OCH3 is 1. The van der Waals surface area contributed by atoms with E-state index < -0.39 is 22.7 Å². The highest BCUT2D eigenvalue weighted by molar-refractivity contribution is 6.43. The fraction of sp³-hybridized carbons (Fsp3) is 0.286. The van der Waals surface area contributed by atoms with Crippen LogP contribution in [0.4, 0.5) is 13.2 Å². The van der Waals surface area contributed by atoms with E-state index in [1.54, 1.807) is 25.1 Å². The standard InChI is InChI=1S/C21H19Cl2F3N2O4/c1-11-6-5-7-14(19(28-31-4)20(29)30-3)15(11)10-32-27-12(2)13-8-9-16(22)18(23)17(13)21(24,25)26/h5-9H,10H2,1-4H3/b27-12+,28-19+. The average molecular weight is 491 g/mol. The van der Waals surface area contributed by atoms with Crippen molar-refractivity contribution in [3.8, 4) is 0 Å². The zero-order valence-corrected chi connectivity index (χ0v) is 19.0. The van der Waals surface area contributed by atoms with Crippen molar-refractivity contribution in [1.82, 2.24) is 0 Å². The van der Waals surface area contributed by atoms with Gasteiger partial charge in [-0.15, -0.1) is 0 Å². The van der Waals surface area contributed by atoms with Crippen LogP contribution >= 0.6 is 23.2 Å². The van der Waals surface area contributed by atoms with Gasteiger partial charge in [0.25, 0.3) is 0 Å². The zero-order chi connectivity index (χ0) is 24.1. The number of carbonyl (C=O) groups excluding carboxylic acids is 1. The molecule has 0 fully saturated rings. The molecule has 6 nitrogen and oxygen atoms in total. The number of alkyl halides is 3. The lowest BCUT2D eigenvalue weighted by molar-refractivity contribution is -0.137. The molecule has 0 aliphatic carbocycles. The van der Waals surface area contributed by atoms with E-state index in [1.165, 1.54) is 33.3 Å². The molecule has 32 heavy (non-hydrogen) atoms. The minimum Gasteiger partial charge on any atom is -0.464 e. The Morgan fingerprint density at radius 2 is 1.75 bits per heavy atom. The highest BCUT2D eigenvalue weighted by Gasteiger charge is 2.37. The van der Waals surface area contributed by atoms with Gasteiger partial charge in [-0.05, 0) is 25.5 Å². The molecule has 0 N–H and O–H groups in total. The number of carbonyl (C=O) groups is 1. The van der Waals surface area contributed by atoms with Crippen LogP contribution in [0.1, 0.15) is 34.7 Å². The molecule has 2 aromatic carbocycles. The fourth-order valence-corrected chi connectivity index (χ4v) is 3.30. The molecule has 0 bridgehead atoms. The van der Waals surface area contributed by atoms with Gasteiger partial charge in [0, 0.05) is 16.7 Å². The number of aryl methyl sites for hydroxylation is 1.